The Morgan fingerprint density at radius 1 is 1.19 bits per heavy atom. The molecule has 0 spiro atoms. The minimum absolute atomic E-state index is 0.216. The van der Waals surface area contributed by atoms with Crippen molar-refractivity contribution in [1.82, 2.24) is 20.3 Å². The molecule has 6 nitrogen and oxygen atoms in total. The van der Waals surface area contributed by atoms with Crippen LogP contribution in [0.5, 0.6) is 0 Å². The van der Waals surface area contributed by atoms with Crippen LogP contribution in [0.2, 0.25) is 0 Å². The van der Waals surface area contributed by atoms with Gasteiger partial charge in [-0.15, -0.1) is 0 Å². The third-order valence-corrected chi connectivity index (χ3v) is 2.91. The predicted octanol–water partition coefficient (Wildman–Crippen LogP) is 2.06. The van der Waals surface area contributed by atoms with Gasteiger partial charge in [0.1, 0.15) is 6.26 Å². The van der Waals surface area contributed by atoms with Crippen molar-refractivity contribution >= 4 is 5.91 Å². The van der Waals surface area contributed by atoms with E-state index in [1.54, 1.807) is 30.9 Å². The lowest BCUT2D eigenvalue weighted by atomic mass is 10.1. The van der Waals surface area contributed by atoms with Gasteiger partial charge in [-0.2, -0.15) is 0 Å². The Bertz CT molecular complexity index is 726. The molecule has 0 radical (unpaired) electrons. The first-order chi connectivity index (χ1) is 10.3. The van der Waals surface area contributed by atoms with Gasteiger partial charge in [-0.1, -0.05) is 0 Å². The molecule has 104 valence electrons. The Balaban J connectivity index is 1.79. The number of amides is 1. The fourth-order valence-electron chi connectivity index (χ4n) is 1.90. The molecule has 3 rings (SSSR count). The molecule has 0 aromatic carbocycles. The van der Waals surface area contributed by atoms with Gasteiger partial charge in [0.2, 0.25) is 0 Å². The van der Waals surface area contributed by atoms with Gasteiger partial charge < -0.3 is 9.73 Å². The number of carbonyl (C=O) groups is 1. The van der Waals surface area contributed by atoms with E-state index < -0.39 is 0 Å². The van der Waals surface area contributed by atoms with E-state index in [0.29, 0.717) is 17.0 Å². The van der Waals surface area contributed by atoms with E-state index >= 15 is 0 Å². The number of nitrogens with zero attached hydrogens (tertiary/aromatic N) is 3. The molecule has 6 heteroatoms. The van der Waals surface area contributed by atoms with Crippen LogP contribution < -0.4 is 5.32 Å². The van der Waals surface area contributed by atoms with E-state index in [-0.39, 0.29) is 12.5 Å². The summed E-state index contributed by atoms with van der Waals surface area (Å²) in [4.78, 5) is 24.6. The van der Waals surface area contributed by atoms with Gasteiger partial charge in [0.15, 0.2) is 0 Å². The minimum Gasteiger partial charge on any atom is -0.472 e. The number of furan rings is 1. The van der Waals surface area contributed by atoms with Crippen molar-refractivity contribution in [3.63, 3.8) is 0 Å². The van der Waals surface area contributed by atoms with E-state index in [0.717, 1.165) is 5.56 Å². The van der Waals surface area contributed by atoms with Crippen molar-refractivity contribution in [3.05, 3.63) is 66.8 Å². The van der Waals surface area contributed by atoms with Crippen LogP contribution >= 0.6 is 0 Å². The Labute approximate surface area is 120 Å². The Kier molecular flexibility index (Phi) is 3.68. The number of rotatable bonds is 4. The van der Waals surface area contributed by atoms with Crippen LogP contribution in [0.25, 0.3) is 11.3 Å². The smallest absolute Gasteiger partial charge is 0.254 e. The summed E-state index contributed by atoms with van der Waals surface area (Å²) in [6.45, 7) is 0.280. The van der Waals surface area contributed by atoms with Crippen molar-refractivity contribution in [1.29, 1.82) is 0 Å². The van der Waals surface area contributed by atoms with E-state index in [2.05, 4.69) is 20.3 Å². The topological polar surface area (TPSA) is 80.9 Å². The SMILES string of the molecule is O=C(NCc1nccnc1-c1cccnc1)c1ccoc1. The number of hydrogen-bond donors (Lipinski definition) is 1. The standard InChI is InChI=1S/C15H12N4O2/c20-15(12-3-7-21-10-12)19-9-13-14(18-6-5-17-13)11-2-1-4-16-8-11/h1-8,10H,9H2,(H,19,20). The predicted molar refractivity (Wildman–Crippen MR) is 75.1 cm³/mol. The summed E-state index contributed by atoms with van der Waals surface area (Å²) in [5.41, 5.74) is 2.72. The Hall–Kier alpha value is -3.02. The average molecular weight is 280 g/mol. The molecular weight excluding hydrogens is 268 g/mol. The molecule has 21 heavy (non-hydrogen) atoms. The highest BCUT2D eigenvalue weighted by Crippen LogP contribution is 2.18. The lowest BCUT2D eigenvalue weighted by Gasteiger charge is -2.08. The highest BCUT2D eigenvalue weighted by molar-refractivity contribution is 5.93. The molecule has 0 atom stereocenters. The minimum atomic E-state index is -0.216. The first-order valence-corrected chi connectivity index (χ1v) is 6.35. The molecular formula is C15H12N4O2. The maximum absolute atomic E-state index is 11.9. The summed E-state index contributed by atoms with van der Waals surface area (Å²) in [5.74, 6) is -0.216. The van der Waals surface area contributed by atoms with Crippen LogP contribution in [-0.4, -0.2) is 20.9 Å². The monoisotopic (exact) mass is 280 g/mol. The van der Waals surface area contributed by atoms with Gasteiger partial charge in [-0.05, 0) is 18.2 Å². The summed E-state index contributed by atoms with van der Waals surface area (Å²) in [5, 5.41) is 2.79. The van der Waals surface area contributed by atoms with E-state index in [9.17, 15) is 4.79 Å². The van der Waals surface area contributed by atoms with Crippen molar-refractivity contribution in [2.24, 2.45) is 0 Å². The highest BCUT2D eigenvalue weighted by Gasteiger charge is 2.11. The van der Waals surface area contributed by atoms with Gasteiger partial charge in [-0.3, -0.25) is 19.7 Å². The number of aromatic nitrogens is 3. The first-order valence-electron chi connectivity index (χ1n) is 6.35. The molecule has 0 aliphatic carbocycles. The van der Waals surface area contributed by atoms with Crippen molar-refractivity contribution in [2.45, 2.75) is 6.54 Å². The molecule has 0 bridgehead atoms. The lowest BCUT2D eigenvalue weighted by molar-refractivity contribution is 0.0950. The number of hydrogen-bond acceptors (Lipinski definition) is 5. The molecule has 0 aliphatic rings. The summed E-state index contributed by atoms with van der Waals surface area (Å²) in [6.07, 6.45) is 9.47. The Morgan fingerprint density at radius 2 is 2.10 bits per heavy atom. The van der Waals surface area contributed by atoms with Crippen LogP contribution in [-0.2, 0) is 6.54 Å². The number of nitrogens with one attached hydrogen (secondary N) is 1. The zero-order valence-electron chi connectivity index (χ0n) is 11.1. The molecule has 3 aromatic rings. The second-order valence-corrected chi connectivity index (χ2v) is 4.29. The fraction of sp³-hybridized carbons (Fsp3) is 0.0667. The van der Waals surface area contributed by atoms with Crippen LogP contribution in [0.3, 0.4) is 0 Å². The van der Waals surface area contributed by atoms with Gasteiger partial charge in [-0.25, -0.2) is 0 Å². The van der Waals surface area contributed by atoms with Gasteiger partial charge in [0.25, 0.3) is 5.91 Å². The van der Waals surface area contributed by atoms with Crippen LogP contribution in [0.4, 0.5) is 0 Å². The summed E-state index contributed by atoms with van der Waals surface area (Å²) < 4.78 is 4.88. The largest absolute Gasteiger partial charge is 0.472 e. The Morgan fingerprint density at radius 3 is 2.86 bits per heavy atom. The van der Waals surface area contributed by atoms with E-state index in [1.807, 2.05) is 12.1 Å². The van der Waals surface area contributed by atoms with Gasteiger partial charge >= 0.3 is 0 Å². The molecule has 1 N–H and O–H groups in total. The normalized spacial score (nSPS) is 10.3. The van der Waals surface area contributed by atoms with Crippen LogP contribution in [0.15, 0.2) is 59.9 Å². The third-order valence-electron chi connectivity index (χ3n) is 2.91. The molecule has 0 saturated heterocycles. The molecule has 3 aromatic heterocycles. The molecule has 0 saturated carbocycles. The van der Waals surface area contributed by atoms with Crippen LogP contribution in [0.1, 0.15) is 16.1 Å². The quantitative estimate of drug-likeness (QED) is 0.791. The molecule has 3 heterocycles. The second kappa shape index (κ2) is 5.96. The lowest BCUT2D eigenvalue weighted by Crippen LogP contribution is -2.23. The highest BCUT2D eigenvalue weighted by atomic mass is 16.3. The number of carbonyl (C=O) groups excluding carboxylic acids is 1. The number of pyridine rings is 1. The third kappa shape index (κ3) is 2.94. The van der Waals surface area contributed by atoms with Crippen LogP contribution in [0, 0.1) is 0 Å². The molecule has 0 aliphatic heterocycles. The van der Waals surface area contributed by atoms with Gasteiger partial charge in [0.05, 0.1) is 29.8 Å². The zero-order valence-corrected chi connectivity index (χ0v) is 11.1. The van der Waals surface area contributed by atoms with E-state index in [4.69, 9.17) is 4.42 Å². The second-order valence-electron chi connectivity index (χ2n) is 4.29. The first kappa shape index (κ1) is 13.0. The summed E-state index contributed by atoms with van der Waals surface area (Å²) in [7, 11) is 0. The van der Waals surface area contributed by atoms with Crippen molar-refractivity contribution < 1.29 is 9.21 Å². The maximum Gasteiger partial charge on any atom is 0.254 e. The van der Waals surface area contributed by atoms with Gasteiger partial charge in [0, 0.05) is 30.4 Å². The fourth-order valence-corrected chi connectivity index (χ4v) is 1.90. The van der Waals surface area contributed by atoms with Crippen molar-refractivity contribution in [3.8, 4) is 11.3 Å². The maximum atomic E-state index is 11.9. The zero-order chi connectivity index (χ0) is 14.5. The summed E-state index contributed by atoms with van der Waals surface area (Å²) >= 11 is 0. The molecule has 0 unspecified atom stereocenters. The molecule has 0 fully saturated rings. The van der Waals surface area contributed by atoms with Crippen molar-refractivity contribution in [2.75, 3.05) is 0 Å². The average Bonchev–Trinajstić information content (AvgIpc) is 3.08. The van der Waals surface area contributed by atoms with E-state index in [1.165, 1.54) is 12.5 Å². The molecule has 1 amide bonds. The summed E-state index contributed by atoms with van der Waals surface area (Å²) in [6, 6.07) is 5.34.